The van der Waals surface area contributed by atoms with E-state index in [1.807, 2.05) is 0 Å². The molecular formula is C23H27F2N7O2. The van der Waals surface area contributed by atoms with Gasteiger partial charge in [0.15, 0.2) is 5.65 Å². The Labute approximate surface area is 195 Å². The summed E-state index contributed by atoms with van der Waals surface area (Å²) >= 11 is 0. The van der Waals surface area contributed by atoms with Crippen molar-refractivity contribution in [2.24, 2.45) is 0 Å². The Balaban J connectivity index is 1.14. The number of hydrogen-bond donors (Lipinski definition) is 2. The molecule has 0 spiro atoms. The van der Waals surface area contributed by atoms with Crippen molar-refractivity contribution < 1.29 is 18.3 Å². The normalized spacial score (nSPS) is 17.9. The Morgan fingerprint density at radius 3 is 2.74 bits per heavy atom. The molecule has 2 N–H and O–H groups in total. The van der Waals surface area contributed by atoms with Crippen molar-refractivity contribution in [1.29, 1.82) is 0 Å². The predicted octanol–water partition coefficient (Wildman–Crippen LogP) is 2.11. The second-order valence-corrected chi connectivity index (χ2v) is 8.73. The zero-order valence-electron chi connectivity index (χ0n) is 18.8. The molecule has 1 aromatic carbocycles. The van der Waals surface area contributed by atoms with Crippen LogP contribution in [0.3, 0.4) is 0 Å². The number of H-pyrrole nitrogens is 1. The summed E-state index contributed by atoms with van der Waals surface area (Å²) in [6.45, 7) is 5.11. The maximum Gasteiger partial charge on any atom is 0.227 e. The monoisotopic (exact) mass is 471 g/mol. The maximum atomic E-state index is 13.9. The molecule has 2 fully saturated rings. The van der Waals surface area contributed by atoms with Crippen LogP contribution in [0.5, 0.6) is 0 Å². The second kappa shape index (κ2) is 9.98. The van der Waals surface area contributed by atoms with Crippen LogP contribution < -0.4 is 5.32 Å². The van der Waals surface area contributed by atoms with Gasteiger partial charge in [-0.3, -0.25) is 14.8 Å². The van der Waals surface area contributed by atoms with Gasteiger partial charge in [0.05, 0.1) is 30.7 Å². The lowest BCUT2D eigenvalue weighted by Crippen LogP contribution is -2.43. The number of ether oxygens (including phenoxy) is 1. The second-order valence-electron chi connectivity index (χ2n) is 8.73. The van der Waals surface area contributed by atoms with Gasteiger partial charge < -0.3 is 15.0 Å². The van der Waals surface area contributed by atoms with Gasteiger partial charge in [-0.15, -0.1) is 0 Å². The van der Waals surface area contributed by atoms with E-state index >= 15 is 0 Å². The average molecular weight is 472 g/mol. The molecule has 2 aliphatic rings. The standard InChI is InChI=1S/C23H27F2N7O2/c24-16-2-1-15(19(25)12-16)11-21(33)32-5-3-17(4-6-32)27-23-26-13-18-20(29-30-22(18)28-23)14-31-7-9-34-10-8-31/h1-2,12-13,17H,3-11,14H2,(H2,26,27,28,29,30). The molecule has 0 bridgehead atoms. The number of nitrogens with one attached hydrogen (secondary N) is 2. The average Bonchev–Trinajstić information content (AvgIpc) is 3.24. The Morgan fingerprint density at radius 2 is 1.97 bits per heavy atom. The topological polar surface area (TPSA) is 99.3 Å². The van der Waals surface area contributed by atoms with Crippen LogP contribution in [0.1, 0.15) is 24.1 Å². The molecule has 0 aliphatic carbocycles. The van der Waals surface area contributed by atoms with Crippen LogP contribution in [0.25, 0.3) is 11.0 Å². The molecule has 3 aromatic rings. The van der Waals surface area contributed by atoms with E-state index in [0.717, 1.165) is 62.8 Å². The number of benzene rings is 1. The Hall–Kier alpha value is -3.18. The van der Waals surface area contributed by atoms with Gasteiger partial charge in [-0.1, -0.05) is 6.07 Å². The molecule has 0 atom stereocenters. The zero-order valence-corrected chi connectivity index (χ0v) is 18.8. The van der Waals surface area contributed by atoms with Crippen LogP contribution in [0.4, 0.5) is 14.7 Å². The fourth-order valence-corrected chi connectivity index (χ4v) is 4.42. The van der Waals surface area contributed by atoms with E-state index in [-0.39, 0.29) is 23.9 Å². The lowest BCUT2D eigenvalue weighted by atomic mass is 10.0. The van der Waals surface area contributed by atoms with Crippen LogP contribution in [-0.2, 0) is 22.5 Å². The molecule has 4 heterocycles. The fourth-order valence-electron chi connectivity index (χ4n) is 4.42. The highest BCUT2D eigenvalue weighted by Crippen LogP contribution is 2.20. The number of halogens is 2. The first-order chi connectivity index (χ1) is 16.5. The summed E-state index contributed by atoms with van der Waals surface area (Å²) in [6, 6.07) is 3.42. The van der Waals surface area contributed by atoms with Crippen LogP contribution in [0.15, 0.2) is 24.4 Å². The van der Waals surface area contributed by atoms with Crippen LogP contribution >= 0.6 is 0 Å². The highest BCUT2D eigenvalue weighted by Gasteiger charge is 2.24. The predicted molar refractivity (Wildman–Crippen MR) is 121 cm³/mol. The molecule has 2 saturated heterocycles. The van der Waals surface area contributed by atoms with Gasteiger partial charge in [0, 0.05) is 51.0 Å². The largest absolute Gasteiger partial charge is 0.379 e. The Bertz CT molecular complexity index is 1160. The summed E-state index contributed by atoms with van der Waals surface area (Å²) in [7, 11) is 0. The van der Waals surface area contributed by atoms with E-state index in [1.165, 1.54) is 12.1 Å². The molecule has 34 heavy (non-hydrogen) atoms. The minimum atomic E-state index is -0.691. The summed E-state index contributed by atoms with van der Waals surface area (Å²) < 4.78 is 32.3. The summed E-state index contributed by atoms with van der Waals surface area (Å²) in [5, 5.41) is 11.7. The molecule has 0 radical (unpaired) electrons. The summed E-state index contributed by atoms with van der Waals surface area (Å²) in [5.41, 5.74) is 1.82. The number of likely N-dealkylation sites (tertiary alicyclic amines) is 1. The summed E-state index contributed by atoms with van der Waals surface area (Å²) in [4.78, 5) is 25.6. The first-order valence-corrected chi connectivity index (χ1v) is 11.5. The highest BCUT2D eigenvalue weighted by atomic mass is 19.1. The van der Waals surface area contributed by atoms with Gasteiger partial charge >= 0.3 is 0 Å². The highest BCUT2D eigenvalue weighted by molar-refractivity contribution is 5.79. The van der Waals surface area contributed by atoms with Crippen molar-refractivity contribution >= 4 is 22.9 Å². The number of carbonyl (C=O) groups excluding carboxylic acids is 1. The molecule has 2 aliphatic heterocycles. The number of carbonyl (C=O) groups is 1. The molecule has 5 rings (SSSR count). The number of fused-ring (bicyclic) bond motifs is 1. The number of piperidine rings is 1. The van der Waals surface area contributed by atoms with Gasteiger partial charge in [-0.05, 0) is 24.5 Å². The van der Waals surface area contributed by atoms with E-state index in [0.29, 0.717) is 24.7 Å². The molecule has 2 aromatic heterocycles. The fraction of sp³-hybridized carbons (Fsp3) is 0.478. The van der Waals surface area contributed by atoms with E-state index < -0.39 is 11.6 Å². The van der Waals surface area contributed by atoms with Crippen molar-refractivity contribution in [3.8, 4) is 0 Å². The van der Waals surface area contributed by atoms with E-state index in [2.05, 4.69) is 30.4 Å². The SMILES string of the molecule is O=C(Cc1ccc(F)cc1F)N1CCC(Nc2ncc3c(CN4CCOCC4)[nH]nc3n2)CC1. The number of amides is 1. The molecule has 0 saturated carbocycles. The molecule has 1 amide bonds. The number of nitrogens with zero attached hydrogens (tertiary/aromatic N) is 5. The van der Waals surface area contributed by atoms with E-state index in [4.69, 9.17) is 4.74 Å². The first-order valence-electron chi connectivity index (χ1n) is 11.5. The number of morpholine rings is 1. The van der Waals surface area contributed by atoms with Crippen LogP contribution in [0.2, 0.25) is 0 Å². The number of rotatable bonds is 6. The smallest absolute Gasteiger partial charge is 0.227 e. The van der Waals surface area contributed by atoms with Gasteiger partial charge in [-0.25, -0.2) is 13.8 Å². The van der Waals surface area contributed by atoms with Crippen molar-refractivity contribution in [1.82, 2.24) is 30.0 Å². The first kappa shape index (κ1) is 22.6. The lowest BCUT2D eigenvalue weighted by Gasteiger charge is -2.32. The summed E-state index contributed by atoms with van der Waals surface area (Å²) in [6.07, 6.45) is 3.17. The third kappa shape index (κ3) is 5.15. The minimum absolute atomic E-state index is 0.0735. The molecule has 180 valence electrons. The van der Waals surface area contributed by atoms with Crippen molar-refractivity contribution in [3.05, 3.63) is 47.3 Å². The molecule has 9 nitrogen and oxygen atoms in total. The zero-order chi connectivity index (χ0) is 23.5. The molecule has 11 heteroatoms. The van der Waals surface area contributed by atoms with Crippen LogP contribution in [-0.4, -0.2) is 81.3 Å². The Morgan fingerprint density at radius 1 is 1.18 bits per heavy atom. The van der Waals surface area contributed by atoms with Crippen molar-refractivity contribution in [2.45, 2.75) is 31.8 Å². The van der Waals surface area contributed by atoms with Crippen molar-refractivity contribution in [2.75, 3.05) is 44.7 Å². The third-order valence-corrected chi connectivity index (χ3v) is 6.41. The lowest BCUT2D eigenvalue weighted by molar-refractivity contribution is -0.131. The van der Waals surface area contributed by atoms with Crippen molar-refractivity contribution in [3.63, 3.8) is 0 Å². The van der Waals surface area contributed by atoms with Gasteiger partial charge in [0.2, 0.25) is 11.9 Å². The number of aromatic nitrogens is 4. The quantitative estimate of drug-likeness (QED) is 0.568. The van der Waals surface area contributed by atoms with Gasteiger partial charge in [0.1, 0.15) is 11.6 Å². The number of aromatic amines is 1. The number of hydrogen-bond acceptors (Lipinski definition) is 7. The van der Waals surface area contributed by atoms with Crippen LogP contribution in [0, 0.1) is 11.6 Å². The third-order valence-electron chi connectivity index (χ3n) is 6.41. The Kier molecular flexibility index (Phi) is 6.63. The number of anilines is 1. The maximum absolute atomic E-state index is 13.9. The summed E-state index contributed by atoms with van der Waals surface area (Å²) in [5.74, 6) is -0.992. The minimum Gasteiger partial charge on any atom is -0.379 e. The van der Waals surface area contributed by atoms with Gasteiger partial charge in [-0.2, -0.15) is 10.1 Å². The van der Waals surface area contributed by atoms with E-state index in [1.54, 1.807) is 11.1 Å². The molecule has 0 unspecified atom stereocenters. The molecular weight excluding hydrogens is 444 g/mol. The van der Waals surface area contributed by atoms with Gasteiger partial charge in [0.25, 0.3) is 0 Å². The van der Waals surface area contributed by atoms with E-state index in [9.17, 15) is 13.6 Å².